The molecule has 0 aliphatic carbocycles. The van der Waals surface area contributed by atoms with Crippen LogP contribution in [0.25, 0.3) is 11.1 Å². The Morgan fingerprint density at radius 3 is 1.38 bits per heavy atom. The molecule has 2 rings (SSSR count). The first kappa shape index (κ1) is 10.8. The van der Waals surface area contributed by atoms with Gasteiger partial charge in [0.1, 0.15) is 13.3 Å². The van der Waals surface area contributed by atoms with Crippen molar-refractivity contribution in [3.05, 3.63) is 59.7 Å². The van der Waals surface area contributed by atoms with E-state index in [1.54, 1.807) is 24.3 Å². The third-order valence-corrected chi connectivity index (χ3v) is 2.61. The predicted octanol–water partition coefficient (Wildman–Crippen LogP) is 4.29. The minimum absolute atomic E-state index is 0.531. The second kappa shape index (κ2) is 4.88. The molecular formula is C14H12F2. The first-order valence-corrected chi connectivity index (χ1v) is 5.15. The largest absolute Gasteiger partial charge is 0.246 e. The van der Waals surface area contributed by atoms with Crippen LogP contribution < -0.4 is 0 Å². The molecule has 2 aromatic carbocycles. The van der Waals surface area contributed by atoms with E-state index in [2.05, 4.69) is 0 Å². The summed E-state index contributed by atoms with van der Waals surface area (Å²) < 4.78 is 25.6. The highest BCUT2D eigenvalue weighted by molar-refractivity contribution is 5.70. The van der Waals surface area contributed by atoms with Gasteiger partial charge in [-0.2, -0.15) is 0 Å². The van der Waals surface area contributed by atoms with Crippen molar-refractivity contribution in [1.82, 2.24) is 0 Å². The van der Waals surface area contributed by atoms with Crippen molar-refractivity contribution in [2.45, 2.75) is 13.3 Å². The second-order valence-electron chi connectivity index (χ2n) is 3.58. The van der Waals surface area contributed by atoms with Gasteiger partial charge in [-0.3, -0.25) is 0 Å². The Kier molecular flexibility index (Phi) is 3.30. The summed E-state index contributed by atoms with van der Waals surface area (Å²) in [7, 11) is 0. The fourth-order valence-corrected chi connectivity index (χ4v) is 1.80. The van der Waals surface area contributed by atoms with Gasteiger partial charge in [-0.25, -0.2) is 8.78 Å². The van der Waals surface area contributed by atoms with E-state index in [9.17, 15) is 8.78 Å². The van der Waals surface area contributed by atoms with Crippen LogP contribution in [-0.4, -0.2) is 0 Å². The lowest BCUT2D eigenvalue weighted by Gasteiger charge is -2.09. The Morgan fingerprint density at radius 1 is 0.625 bits per heavy atom. The summed E-state index contributed by atoms with van der Waals surface area (Å²) in [6.07, 6.45) is 0. The van der Waals surface area contributed by atoms with Crippen molar-refractivity contribution in [3.8, 4) is 11.1 Å². The highest BCUT2D eigenvalue weighted by Crippen LogP contribution is 2.28. The fourth-order valence-electron chi connectivity index (χ4n) is 1.80. The van der Waals surface area contributed by atoms with Crippen LogP contribution in [-0.2, 0) is 13.3 Å². The zero-order valence-electron chi connectivity index (χ0n) is 8.79. The summed E-state index contributed by atoms with van der Waals surface area (Å²) >= 11 is 0. The van der Waals surface area contributed by atoms with Gasteiger partial charge >= 0.3 is 0 Å². The summed E-state index contributed by atoms with van der Waals surface area (Å²) in [4.78, 5) is 0. The van der Waals surface area contributed by atoms with Crippen molar-refractivity contribution < 1.29 is 8.78 Å². The van der Waals surface area contributed by atoms with Crippen LogP contribution in [0.3, 0.4) is 0 Å². The van der Waals surface area contributed by atoms with E-state index in [4.69, 9.17) is 0 Å². The molecular weight excluding hydrogens is 206 g/mol. The van der Waals surface area contributed by atoms with Crippen LogP contribution in [0.1, 0.15) is 11.1 Å². The Morgan fingerprint density at radius 2 is 1.00 bits per heavy atom. The average molecular weight is 218 g/mol. The van der Waals surface area contributed by atoms with Crippen molar-refractivity contribution in [3.63, 3.8) is 0 Å². The van der Waals surface area contributed by atoms with Crippen LogP contribution in [0.2, 0.25) is 0 Å². The molecule has 0 radical (unpaired) electrons. The van der Waals surface area contributed by atoms with Crippen molar-refractivity contribution >= 4 is 0 Å². The lowest BCUT2D eigenvalue weighted by Crippen LogP contribution is -1.90. The van der Waals surface area contributed by atoms with Crippen LogP contribution in [0, 0.1) is 0 Å². The number of hydrogen-bond acceptors (Lipinski definition) is 0. The third kappa shape index (κ3) is 1.96. The first-order valence-electron chi connectivity index (χ1n) is 5.15. The van der Waals surface area contributed by atoms with Gasteiger partial charge in [-0.05, 0) is 22.3 Å². The minimum Gasteiger partial charge on any atom is -0.246 e. The van der Waals surface area contributed by atoms with E-state index in [-0.39, 0.29) is 0 Å². The second-order valence-corrected chi connectivity index (χ2v) is 3.58. The molecule has 0 aliphatic rings. The summed E-state index contributed by atoms with van der Waals surface area (Å²) in [5.74, 6) is 0. The number of rotatable bonds is 3. The number of alkyl halides is 2. The standard InChI is InChI=1S/C14H12F2/c15-9-11-5-1-3-7-13(11)14-8-4-2-6-12(14)10-16/h1-8H,9-10H2. The molecule has 82 valence electrons. The van der Waals surface area contributed by atoms with Gasteiger partial charge in [-0.15, -0.1) is 0 Å². The van der Waals surface area contributed by atoms with Gasteiger partial charge in [0.15, 0.2) is 0 Å². The quantitative estimate of drug-likeness (QED) is 0.720. The van der Waals surface area contributed by atoms with E-state index in [0.29, 0.717) is 11.1 Å². The van der Waals surface area contributed by atoms with Gasteiger partial charge in [0.25, 0.3) is 0 Å². The molecule has 0 atom stereocenters. The number of hydrogen-bond donors (Lipinski definition) is 0. The molecule has 0 aliphatic heterocycles. The first-order chi connectivity index (χ1) is 7.86. The maximum absolute atomic E-state index is 12.8. The molecule has 2 heteroatoms. The van der Waals surface area contributed by atoms with E-state index in [0.717, 1.165) is 11.1 Å². The maximum atomic E-state index is 12.8. The molecule has 0 amide bonds. The molecule has 0 saturated heterocycles. The monoisotopic (exact) mass is 218 g/mol. The van der Waals surface area contributed by atoms with Crippen molar-refractivity contribution in [2.24, 2.45) is 0 Å². The van der Waals surface area contributed by atoms with E-state index in [1.807, 2.05) is 24.3 Å². The smallest absolute Gasteiger partial charge is 0.115 e. The molecule has 0 heterocycles. The molecule has 0 saturated carbocycles. The Hall–Kier alpha value is -1.70. The van der Waals surface area contributed by atoms with E-state index >= 15 is 0 Å². The fraction of sp³-hybridized carbons (Fsp3) is 0.143. The van der Waals surface area contributed by atoms with Gasteiger partial charge < -0.3 is 0 Å². The lowest BCUT2D eigenvalue weighted by molar-refractivity contribution is 0.483. The summed E-state index contributed by atoms with van der Waals surface area (Å²) in [6, 6.07) is 14.3. The molecule has 0 aromatic heterocycles. The van der Waals surface area contributed by atoms with Crippen LogP contribution in [0.5, 0.6) is 0 Å². The molecule has 0 unspecified atom stereocenters. The van der Waals surface area contributed by atoms with E-state index in [1.165, 1.54) is 0 Å². The van der Waals surface area contributed by atoms with E-state index < -0.39 is 13.3 Å². The molecule has 0 spiro atoms. The summed E-state index contributed by atoms with van der Waals surface area (Å²) in [5.41, 5.74) is 2.75. The van der Waals surface area contributed by atoms with Crippen LogP contribution in [0.15, 0.2) is 48.5 Å². The van der Waals surface area contributed by atoms with Gasteiger partial charge in [-0.1, -0.05) is 48.5 Å². The lowest BCUT2D eigenvalue weighted by atomic mass is 9.96. The molecule has 0 N–H and O–H groups in total. The zero-order valence-corrected chi connectivity index (χ0v) is 8.79. The number of halogens is 2. The number of benzene rings is 2. The normalized spacial score (nSPS) is 10.4. The summed E-state index contributed by atoms with van der Waals surface area (Å²) in [5, 5.41) is 0. The average Bonchev–Trinajstić information content (AvgIpc) is 2.38. The molecule has 0 fully saturated rings. The maximum Gasteiger partial charge on any atom is 0.115 e. The topological polar surface area (TPSA) is 0 Å². The highest BCUT2D eigenvalue weighted by atomic mass is 19.1. The minimum atomic E-state index is -0.531. The van der Waals surface area contributed by atoms with Crippen molar-refractivity contribution in [1.29, 1.82) is 0 Å². The van der Waals surface area contributed by atoms with Gasteiger partial charge in [0, 0.05) is 0 Å². The van der Waals surface area contributed by atoms with Crippen molar-refractivity contribution in [2.75, 3.05) is 0 Å². The predicted molar refractivity (Wildman–Crippen MR) is 61.5 cm³/mol. The van der Waals surface area contributed by atoms with Crippen LogP contribution in [0.4, 0.5) is 8.78 Å². The molecule has 0 bridgehead atoms. The molecule has 2 aromatic rings. The Labute approximate surface area is 93.5 Å². The molecule has 16 heavy (non-hydrogen) atoms. The Bertz CT molecular complexity index is 432. The summed E-state index contributed by atoms with van der Waals surface area (Å²) in [6.45, 7) is -1.06. The van der Waals surface area contributed by atoms with Gasteiger partial charge in [0.05, 0.1) is 0 Å². The Balaban J connectivity index is 2.58. The molecule has 0 nitrogen and oxygen atoms in total. The highest BCUT2D eigenvalue weighted by Gasteiger charge is 2.08. The van der Waals surface area contributed by atoms with Crippen LogP contribution >= 0.6 is 0 Å². The SMILES string of the molecule is FCc1ccccc1-c1ccccc1CF. The third-order valence-electron chi connectivity index (χ3n) is 2.61. The zero-order chi connectivity index (χ0) is 11.4. The van der Waals surface area contributed by atoms with Gasteiger partial charge in [0.2, 0.25) is 0 Å².